The summed E-state index contributed by atoms with van der Waals surface area (Å²) in [5.41, 5.74) is 4.96. The molecule has 0 aliphatic carbocycles. The molecule has 1 aliphatic heterocycles. The van der Waals surface area contributed by atoms with Gasteiger partial charge in [0.2, 0.25) is 24.0 Å². The number of aliphatic carboxylic acids is 2. The number of carboxylic acids is 2. The van der Waals surface area contributed by atoms with E-state index in [0.717, 1.165) is 11.1 Å². The number of Topliss-reactive ketones (excluding diaryl/α,β-unsaturated/α-hetero) is 1. The fraction of sp³-hybridized carbons (Fsp3) is 0.578. The SMILES string of the molecule is C#CCNC(=O)[C@@H](CCC(=O)OC)CC(=O)OC(C)(C)C.C#CCNC(=O)[C@@H](CCC(=O)OC)CC(=O)c1cc(CO)ccc1O[C@@H]1O[C@H](C(=O)OC)[C@@H](C)[C@H](C)[C@H]1OC(C)=O.C#CCNC(=O)[C@H](N)CCC(=O)OC.CC(C)(C)OC(=O)C[C@H](CCC(=O)O)C(=O)OCc1ccccc1.COC(=O)CC[C@@H](CC(=O)OC(C)(C)C)C(=O)O.COC(=O)CC[C@@H](CC(=O)OC(C)(C)C)C(=O)OCc1ccccc1.Cl. The van der Waals surface area contributed by atoms with E-state index >= 15 is 0 Å². The summed E-state index contributed by atoms with van der Waals surface area (Å²) in [4.78, 5) is 223. The second-order valence-corrected chi connectivity index (χ2v) is 36.0. The van der Waals surface area contributed by atoms with Crippen molar-refractivity contribution >= 4 is 125 Å². The van der Waals surface area contributed by atoms with E-state index in [9.17, 15) is 96.2 Å². The van der Waals surface area contributed by atoms with Crippen molar-refractivity contribution in [2.75, 3.05) is 62.3 Å². The second kappa shape index (κ2) is 71.8. The molecule has 0 bridgehead atoms. The Morgan fingerprint density at radius 3 is 1.09 bits per heavy atom. The van der Waals surface area contributed by atoms with Crippen LogP contribution in [-0.4, -0.2) is 238 Å². The van der Waals surface area contributed by atoms with Crippen LogP contribution in [0.2, 0.25) is 0 Å². The highest BCUT2D eigenvalue weighted by atomic mass is 35.5. The zero-order chi connectivity index (χ0) is 110. The molecule has 1 saturated heterocycles. The number of benzene rings is 3. The van der Waals surface area contributed by atoms with Crippen molar-refractivity contribution in [2.24, 2.45) is 47.2 Å². The summed E-state index contributed by atoms with van der Waals surface area (Å²) in [7, 11) is 7.49. The topological polar surface area (TPSA) is 586 Å². The lowest BCUT2D eigenvalue weighted by atomic mass is 9.83. The van der Waals surface area contributed by atoms with Crippen LogP contribution in [-0.2, 0) is 172 Å². The Morgan fingerprint density at radius 1 is 0.424 bits per heavy atom. The van der Waals surface area contributed by atoms with Crippen molar-refractivity contribution in [2.45, 2.75) is 280 Å². The number of rotatable bonds is 47. The van der Waals surface area contributed by atoms with Gasteiger partial charge in [0.25, 0.3) is 0 Å². The van der Waals surface area contributed by atoms with Crippen LogP contribution < -0.4 is 26.4 Å². The molecule has 0 aromatic heterocycles. The van der Waals surface area contributed by atoms with Gasteiger partial charge in [-0.3, -0.25) is 86.3 Å². The number of carbonyl (C=O) groups is 19. The number of nitrogens with one attached hydrogen (secondary N) is 3. The quantitative estimate of drug-likeness (QED) is 0.0120. The zero-order valence-corrected chi connectivity index (χ0v) is 86.9. The molecule has 0 saturated carbocycles. The maximum atomic E-state index is 13.6. The molecule has 1 aliphatic rings. The first-order chi connectivity index (χ1) is 66.8. The first-order valence-corrected chi connectivity index (χ1v) is 45.6. The predicted molar refractivity (Wildman–Crippen MR) is 520 cm³/mol. The van der Waals surface area contributed by atoms with Crippen LogP contribution >= 0.6 is 12.4 Å². The lowest BCUT2D eigenvalue weighted by Gasteiger charge is -2.42. The summed E-state index contributed by atoms with van der Waals surface area (Å²) >= 11 is 0. The van der Waals surface area contributed by atoms with Crippen molar-refractivity contribution in [1.82, 2.24) is 16.0 Å². The third kappa shape index (κ3) is 63.4. The van der Waals surface area contributed by atoms with Gasteiger partial charge in [-0.15, -0.1) is 31.7 Å². The summed E-state index contributed by atoms with van der Waals surface area (Å²) in [6, 6.07) is 22.0. The molecule has 3 amide bonds. The minimum absolute atomic E-state index is 0. The van der Waals surface area contributed by atoms with Crippen LogP contribution in [0.15, 0.2) is 78.9 Å². The molecule has 144 heavy (non-hydrogen) atoms. The predicted octanol–water partition coefficient (Wildman–Crippen LogP) is 9.37. The number of esters is 13. The fourth-order valence-electron chi connectivity index (χ4n) is 12.3. The molecule has 0 unspecified atom stereocenters. The van der Waals surface area contributed by atoms with E-state index < -0.39 is 184 Å². The van der Waals surface area contributed by atoms with Gasteiger partial charge in [-0.1, -0.05) is 98.3 Å². The second-order valence-electron chi connectivity index (χ2n) is 36.0. The monoisotopic (exact) mass is 2050 g/mol. The third-order valence-electron chi connectivity index (χ3n) is 19.6. The summed E-state index contributed by atoms with van der Waals surface area (Å²) < 4.78 is 76.1. The van der Waals surface area contributed by atoms with Gasteiger partial charge in [0.15, 0.2) is 18.0 Å². The van der Waals surface area contributed by atoms with Gasteiger partial charge < -0.3 is 108 Å². The van der Waals surface area contributed by atoms with Gasteiger partial charge in [0.1, 0.15) is 41.4 Å². The van der Waals surface area contributed by atoms with E-state index in [1.807, 2.05) is 60.7 Å². The van der Waals surface area contributed by atoms with Crippen LogP contribution in [0, 0.1) is 78.5 Å². The molecule has 8 N–H and O–H groups in total. The first-order valence-electron chi connectivity index (χ1n) is 45.6. The molecule has 0 radical (unpaired) electrons. The van der Waals surface area contributed by atoms with Gasteiger partial charge in [0.05, 0.1) is 124 Å². The average Bonchev–Trinajstić information content (AvgIpc) is 0.782. The molecule has 11 atom stereocenters. The van der Waals surface area contributed by atoms with E-state index in [1.165, 1.54) is 67.8 Å². The number of hydrogen-bond acceptors (Lipinski definition) is 36. The Morgan fingerprint density at radius 2 is 0.757 bits per heavy atom. The Bertz CT molecular complexity index is 4720. The minimum Gasteiger partial charge on any atom is -0.481 e. The lowest BCUT2D eigenvalue weighted by Crippen LogP contribution is -2.55. The van der Waals surface area contributed by atoms with Crippen molar-refractivity contribution in [1.29, 1.82) is 0 Å². The van der Waals surface area contributed by atoms with E-state index in [1.54, 1.807) is 96.9 Å². The summed E-state index contributed by atoms with van der Waals surface area (Å²) in [6.45, 7) is 25.5. The molecule has 41 nitrogen and oxygen atoms in total. The molecule has 4 rings (SSSR count). The number of terminal acetylenes is 3. The number of hydrogen-bond donors (Lipinski definition) is 7. The van der Waals surface area contributed by atoms with Gasteiger partial charge in [-0.05, 0) is 156 Å². The maximum absolute atomic E-state index is 13.6. The number of ether oxygens (including phenoxy) is 15. The van der Waals surface area contributed by atoms with Gasteiger partial charge in [0, 0.05) is 69.6 Å². The van der Waals surface area contributed by atoms with Crippen molar-refractivity contribution < 1.29 is 177 Å². The number of halogens is 1. The fourth-order valence-corrected chi connectivity index (χ4v) is 12.3. The molecular formula is C102H145ClN4O37. The Hall–Kier alpha value is -13.6. The molecule has 1 fully saturated rings. The summed E-state index contributed by atoms with van der Waals surface area (Å²) in [6.07, 6.45) is 11.5. The van der Waals surface area contributed by atoms with Gasteiger partial charge >= 0.3 is 89.5 Å². The molecule has 0 spiro atoms. The smallest absolute Gasteiger partial charge is 0.335 e. The maximum Gasteiger partial charge on any atom is 0.335 e. The standard InChI is InChI=1S/C29H37NO11.C19H26O6.C18H24O6.C15H23NO5.C12H20O6.C9H14N2O3.ClH/c1-7-12-30-27(35)20(9-11-24(34)37-5)14-22(33)21-13-19(15-31)8-10-23(21)40-29-26(39-18(4)32)17(3)16(2)25(41-29)28(36)38-6;1-19(2,3)25-17(21)12-15(10-11-16(20)23-4)18(22)24-13-14-8-6-5-7-9-14;1-18(2,3)24-16(21)11-14(9-10-15(19)20)17(22)23-12-13-7-5-4-6-8-13;1-6-9-16-14(19)11(7-8-12(17)20-5)10-13(18)21-15(2,3)4;1-12(2,3)18-10(14)7-8(11(15)16)5-6-9(13)17-4;1-3-6-11-9(13)7(10)4-5-8(12)14-2;/h1,8,10,13,16-17,20,25-26,29,31H,9,11-12,14-15H2,2-6H3,(H,30,35);5-9,15H,10-13H2,1-4H3;4-8,14H,9-12H2,1-3H3,(H,19,20);1,11H,7-10H2,2-5H3,(H,16,19);8H,5-7H2,1-4H3,(H,15,16);1,7H,4-6,10H2,2H3,(H,11,13);1H/t16-,17-,20-,25-,26+,29+;15-;14-;11-;8-;7-;/m000001./s1. The van der Waals surface area contributed by atoms with E-state index in [-0.39, 0.29) is 190 Å². The van der Waals surface area contributed by atoms with Gasteiger partial charge in [-0.2, -0.15) is 0 Å². The lowest BCUT2D eigenvalue weighted by molar-refractivity contribution is -0.248. The zero-order valence-electron chi connectivity index (χ0n) is 86.1. The highest BCUT2D eigenvalue weighted by Gasteiger charge is 2.49. The van der Waals surface area contributed by atoms with E-state index in [4.69, 9.17) is 82.6 Å². The third-order valence-corrected chi connectivity index (χ3v) is 19.6. The Kier molecular flexibility index (Phi) is 67.1. The Labute approximate surface area is 848 Å². The summed E-state index contributed by atoms with van der Waals surface area (Å²) in [5, 5.41) is 34.9. The number of methoxy groups -OCH3 is 6. The molecule has 802 valence electrons. The number of nitrogens with two attached hydrogens (primary N) is 1. The molecule has 3 aromatic carbocycles. The van der Waals surface area contributed by atoms with Crippen LogP contribution in [0.4, 0.5) is 0 Å². The number of amides is 3. The Balaban J connectivity index is -0.00000171. The average molecular weight is 2050 g/mol. The van der Waals surface area contributed by atoms with Crippen molar-refractivity contribution in [3.05, 3.63) is 101 Å². The van der Waals surface area contributed by atoms with E-state index in [0.29, 0.717) is 5.56 Å². The number of aliphatic hydroxyl groups excluding tert-OH is 1. The molecule has 42 heteroatoms. The highest BCUT2D eigenvalue weighted by molar-refractivity contribution is 6.01. The number of carboxylic acid groups (broad SMARTS) is 2. The first kappa shape index (κ1) is 135. The van der Waals surface area contributed by atoms with Crippen LogP contribution in [0.25, 0.3) is 0 Å². The van der Waals surface area contributed by atoms with Gasteiger partial charge in [-0.25, -0.2) is 4.79 Å². The number of ketones is 1. The van der Waals surface area contributed by atoms with Crippen LogP contribution in [0.3, 0.4) is 0 Å². The van der Waals surface area contributed by atoms with Crippen molar-refractivity contribution in [3.63, 3.8) is 0 Å². The number of aliphatic hydroxyl groups is 1. The molecule has 3 aromatic rings. The highest BCUT2D eigenvalue weighted by Crippen LogP contribution is 2.37. The number of carbonyl (C=O) groups excluding carboxylic acids is 17. The normalized spacial score (nSPS) is 15.0. The minimum atomic E-state index is -1.30. The molecule has 1 heterocycles. The summed E-state index contributed by atoms with van der Waals surface area (Å²) in [5.74, 6) is -8.81. The van der Waals surface area contributed by atoms with Crippen LogP contribution in [0.1, 0.15) is 240 Å². The van der Waals surface area contributed by atoms with Crippen LogP contribution in [0.5, 0.6) is 5.75 Å². The molecular weight excluding hydrogens is 1910 g/mol. The van der Waals surface area contributed by atoms with Crippen molar-refractivity contribution in [3.8, 4) is 42.8 Å². The largest absolute Gasteiger partial charge is 0.481 e. The van der Waals surface area contributed by atoms with E-state index in [2.05, 4.69) is 57.4 Å².